The molecule has 8 nitrogen and oxygen atoms in total. The first-order valence-electron chi connectivity index (χ1n) is 11.6. The van der Waals surface area contributed by atoms with Crippen molar-refractivity contribution in [2.45, 2.75) is 52.2 Å². The lowest BCUT2D eigenvalue weighted by Gasteiger charge is -2.33. The molecule has 0 saturated carbocycles. The second-order valence-corrected chi connectivity index (χ2v) is 11.1. The molecule has 0 saturated heterocycles. The van der Waals surface area contributed by atoms with Crippen LogP contribution in [0.4, 0.5) is 5.69 Å². The summed E-state index contributed by atoms with van der Waals surface area (Å²) in [5.74, 6) is -0.212. The Balaban J connectivity index is 2.48. The third-order valence-electron chi connectivity index (χ3n) is 5.78. The zero-order chi connectivity index (χ0) is 27.0. The highest BCUT2D eigenvalue weighted by atomic mass is 35.5. The number of nitrogens with zero attached hydrogens (tertiary/aromatic N) is 2. The number of sulfonamides is 1. The Morgan fingerprint density at radius 3 is 2.22 bits per heavy atom. The van der Waals surface area contributed by atoms with Crippen LogP contribution in [-0.2, 0) is 26.2 Å². The fourth-order valence-electron chi connectivity index (χ4n) is 3.57. The monoisotopic (exact) mass is 557 g/mol. The fourth-order valence-corrected chi connectivity index (χ4v) is 4.87. The minimum absolute atomic E-state index is 0.0145. The van der Waals surface area contributed by atoms with Crippen LogP contribution in [0, 0.1) is 0 Å². The van der Waals surface area contributed by atoms with E-state index in [1.165, 1.54) is 17.0 Å². The predicted octanol–water partition coefficient (Wildman–Crippen LogP) is 4.49. The highest BCUT2D eigenvalue weighted by Crippen LogP contribution is 2.33. The Bertz CT molecular complexity index is 1160. The van der Waals surface area contributed by atoms with Crippen molar-refractivity contribution < 1.29 is 22.7 Å². The number of halogens is 2. The van der Waals surface area contributed by atoms with Crippen LogP contribution >= 0.6 is 23.2 Å². The summed E-state index contributed by atoms with van der Waals surface area (Å²) in [6.45, 7) is 5.17. The fraction of sp³-hybridized carbons (Fsp3) is 0.440. The number of amides is 2. The number of carbonyl (C=O) groups is 2. The van der Waals surface area contributed by atoms with E-state index in [2.05, 4.69) is 5.32 Å². The van der Waals surface area contributed by atoms with Gasteiger partial charge in [-0.15, -0.1) is 0 Å². The first kappa shape index (κ1) is 29.7. The standard InChI is InChI=1S/C25H33Cl2N3O5S/c1-6-17(3)28-25(32)21(7-2)29(15-18-11-13-19(35-4)14-12-18)23(31)16-30(36(5,33)34)22-10-8-9-20(26)24(22)27/h8-14,17,21H,6-7,15-16H2,1-5H3,(H,28,32). The topological polar surface area (TPSA) is 96.0 Å². The molecule has 2 amide bonds. The van der Waals surface area contributed by atoms with Crippen molar-refractivity contribution in [1.82, 2.24) is 10.2 Å². The first-order chi connectivity index (χ1) is 16.9. The van der Waals surface area contributed by atoms with E-state index >= 15 is 0 Å². The molecule has 2 aromatic rings. The van der Waals surface area contributed by atoms with Crippen molar-refractivity contribution in [2.75, 3.05) is 24.2 Å². The number of ether oxygens (including phenoxy) is 1. The number of methoxy groups -OCH3 is 1. The summed E-state index contributed by atoms with van der Waals surface area (Å²) in [5, 5.41) is 3.10. The van der Waals surface area contributed by atoms with Gasteiger partial charge in [-0.1, -0.05) is 55.2 Å². The van der Waals surface area contributed by atoms with Gasteiger partial charge >= 0.3 is 0 Å². The molecule has 0 radical (unpaired) electrons. The molecule has 2 rings (SSSR count). The van der Waals surface area contributed by atoms with Gasteiger partial charge in [0.15, 0.2) is 0 Å². The first-order valence-corrected chi connectivity index (χ1v) is 14.2. The highest BCUT2D eigenvalue weighted by Gasteiger charge is 2.32. The van der Waals surface area contributed by atoms with Crippen LogP contribution in [0.1, 0.15) is 39.2 Å². The van der Waals surface area contributed by atoms with Crippen molar-refractivity contribution in [3.8, 4) is 5.75 Å². The Hall–Kier alpha value is -2.49. The zero-order valence-electron chi connectivity index (χ0n) is 21.1. The van der Waals surface area contributed by atoms with Crippen molar-refractivity contribution in [2.24, 2.45) is 0 Å². The number of nitrogens with one attached hydrogen (secondary N) is 1. The van der Waals surface area contributed by atoms with Gasteiger partial charge in [-0.05, 0) is 49.6 Å². The highest BCUT2D eigenvalue weighted by molar-refractivity contribution is 7.92. The molecule has 0 aliphatic rings. The van der Waals surface area contributed by atoms with E-state index in [0.29, 0.717) is 12.2 Å². The average Bonchev–Trinajstić information content (AvgIpc) is 2.83. The van der Waals surface area contributed by atoms with E-state index in [9.17, 15) is 18.0 Å². The average molecular weight is 559 g/mol. The van der Waals surface area contributed by atoms with Gasteiger partial charge in [-0.25, -0.2) is 8.42 Å². The van der Waals surface area contributed by atoms with E-state index in [-0.39, 0.29) is 34.2 Å². The van der Waals surface area contributed by atoms with E-state index in [1.54, 1.807) is 44.4 Å². The zero-order valence-corrected chi connectivity index (χ0v) is 23.5. The van der Waals surface area contributed by atoms with Crippen molar-refractivity contribution in [3.63, 3.8) is 0 Å². The minimum Gasteiger partial charge on any atom is -0.497 e. The van der Waals surface area contributed by atoms with Crippen molar-refractivity contribution in [1.29, 1.82) is 0 Å². The molecule has 0 aromatic heterocycles. The van der Waals surface area contributed by atoms with Crippen LogP contribution in [0.25, 0.3) is 0 Å². The Morgan fingerprint density at radius 1 is 1.06 bits per heavy atom. The van der Waals surface area contributed by atoms with Crippen LogP contribution < -0.4 is 14.4 Å². The summed E-state index contributed by atoms with van der Waals surface area (Å²) in [4.78, 5) is 28.2. The summed E-state index contributed by atoms with van der Waals surface area (Å²) < 4.78 is 31.5. The normalized spacial score (nSPS) is 13.0. The summed E-state index contributed by atoms with van der Waals surface area (Å²) in [6.07, 6.45) is 2.04. The van der Waals surface area contributed by atoms with Gasteiger partial charge in [0.05, 0.1) is 29.1 Å². The van der Waals surface area contributed by atoms with Gasteiger partial charge in [0.1, 0.15) is 18.3 Å². The maximum absolute atomic E-state index is 13.7. The Labute approximate surface area is 223 Å². The molecule has 0 bridgehead atoms. The minimum atomic E-state index is -3.92. The van der Waals surface area contributed by atoms with Crippen LogP contribution in [0.15, 0.2) is 42.5 Å². The van der Waals surface area contributed by atoms with Gasteiger partial charge in [0.2, 0.25) is 21.8 Å². The van der Waals surface area contributed by atoms with Gasteiger partial charge in [-0.2, -0.15) is 0 Å². The number of hydrogen-bond acceptors (Lipinski definition) is 5. The number of anilines is 1. The second-order valence-electron chi connectivity index (χ2n) is 8.45. The maximum Gasteiger partial charge on any atom is 0.244 e. The largest absolute Gasteiger partial charge is 0.497 e. The Kier molecular flexibility index (Phi) is 10.9. The molecular formula is C25H33Cl2N3O5S. The lowest BCUT2D eigenvalue weighted by Crippen LogP contribution is -2.53. The Morgan fingerprint density at radius 2 is 1.69 bits per heavy atom. The van der Waals surface area contributed by atoms with Crippen molar-refractivity contribution >= 4 is 50.7 Å². The van der Waals surface area contributed by atoms with Gasteiger partial charge in [-0.3, -0.25) is 13.9 Å². The van der Waals surface area contributed by atoms with Crippen LogP contribution in [0.5, 0.6) is 5.75 Å². The summed E-state index contributed by atoms with van der Waals surface area (Å²) >= 11 is 12.4. The third kappa shape index (κ3) is 7.75. The van der Waals surface area contributed by atoms with Crippen LogP contribution in [-0.4, -0.2) is 57.1 Å². The van der Waals surface area contributed by atoms with Gasteiger partial charge in [0.25, 0.3) is 0 Å². The quantitative estimate of drug-likeness (QED) is 0.414. The molecule has 1 N–H and O–H groups in total. The molecule has 11 heteroatoms. The number of benzene rings is 2. The van der Waals surface area contributed by atoms with E-state index in [4.69, 9.17) is 27.9 Å². The number of hydrogen-bond donors (Lipinski definition) is 1. The van der Waals surface area contributed by atoms with Gasteiger partial charge in [0, 0.05) is 12.6 Å². The lowest BCUT2D eigenvalue weighted by molar-refractivity contribution is -0.140. The van der Waals surface area contributed by atoms with E-state index < -0.39 is 28.5 Å². The molecule has 0 aliphatic carbocycles. The smallest absolute Gasteiger partial charge is 0.244 e. The number of rotatable bonds is 12. The molecule has 0 spiro atoms. The molecule has 0 fully saturated rings. The van der Waals surface area contributed by atoms with Crippen LogP contribution in [0.3, 0.4) is 0 Å². The lowest BCUT2D eigenvalue weighted by atomic mass is 10.1. The number of carbonyl (C=O) groups excluding carboxylic acids is 2. The molecular weight excluding hydrogens is 525 g/mol. The molecule has 0 heterocycles. The maximum atomic E-state index is 13.7. The van der Waals surface area contributed by atoms with E-state index in [1.807, 2.05) is 13.8 Å². The van der Waals surface area contributed by atoms with Crippen molar-refractivity contribution in [3.05, 3.63) is 58.1 Å². The molecule has 198 valence electrons. The third-order valence-corrected chi connectivity index (χ3v) is 7.71. The molecule has 2 unspecified atom stereocenters. The molecule has 2 aromatic carbocycles. The van der Waals surface area contributed by atoms with E-state index in [0.717, 1.165) is 22.5 Å². The second kappa shape index (κ2) is 13.2. The predicted molar refractivity (Wildman–Crippen MR) is 144 cm³/mol. The molecule has 36 heavy (non-hydrogen) atoms. The van der Waals surface area contributed by atoms with Crippen LogP contribution in [0.2, 0.25) is 10.0 Å². The van der Waals surface area contributed by atoms with Gasteiger partial charge < -0.3 is 15.0 Å². The SMILES string of the molecule is CCC(C)NC(=O)C(CC)N(Cc1ccc(OC)cc1)C(=O)CN(c1cccc(Cl)c1Cl)S(C)(=O)=O. The molecule has 2 atom stereocenters. The summed E-state index contributed by atoms with van der Waals surface area (Å²) in [6, 6.07) is 10.8. The molecule has 0 aliphatic heterocycles. The summed E-state index contributed by atoms with van der Waals surface area (Å²) in [5.41, 5.74) is 0.840. The summed E-state index contributed by atoms with van der Waals surface area (Å²) in [7, 11) is -2.36.